The van der Waals surface area contributed by atoms with E-state index in [0.717, 1.165) is 0 Å². The lowest BCUT2D eigenvalue weighted by atomic mass is 10.1. The van der Waals surface area contributed by atoms with E-state index < -0.39 is 0 Å². The van der Waals surface area contributed by atoms with Crippen molar-refractivity contribution in [3.8, 4) is 0 Å². The second-order valence-electron chi connectivity index (χ2n) is 5.69. The van der Waals surface area contributed by atoms with Crippen molar-refractivity contribution in [2.75, 3.05) is 38.6 Å². The maximum absolute atomic E-state index is 13.6. The number of hydrogen-bond acceptors (Lipinski definition) is 3. The third-order valence-corrected chi connectivity index (χ3v) is 3.95. The van der Waals surface area contributed by atoms with Gasteiger partial charge in [-0.15, -0.1) is 0 Å². The second kappa shape index (κ2) is 7.24. The molecule has 1 aliphatic heterocycles. The van der Waals surface area contributed by atoms with Gasteiger partial charge in [-0.1, -0.05) is 12.1 Å². The summed E-state index contributed by atoms with van der Waals surface area (Å²) in [6.07, 6.45) is 1.00. The first-order valence-corrected chi connectivity index (χ1v) is 7.46. The van der Waals surface area contributed by atoms with E-state index in [4.69, 9.17) is 0 Å². The topological polar surface area (TPSA) is 52.7 Å². The van der Waals surface area contributed by atoms with Gasteiger partial charge in [0, 0.05) is 40.2 Å². The van der Waals surface area contributed by atoms with Crippen LogP contribution in [0, 0.1) is 11.7 Å². The summed E-state index contributed by atoms with van der Waals surface area (Å²) in [6, 6.07) is 6.62. The number of benzene rings is 1. The van der Waals surface area contributed by atoms with E-state index in [1.165, 1.54) is 6.07 Å². The highest BCUT2D eigenvalue weighted by Crippen LogP contribution is 2.17. The van der Waals surface area contributed by atoms with Gasteiger partial charge in [0.1, 0.15) is 5.82 Å². The fourth-order valence-corrected chi connectivity index (χ4v) is 2.59. The monoisotopic (exact) mass is 307 g/mol. The summed E-state index contributed by atoms with van der Waals surface area (Å²) in [4.78, 5) is 26.7. The zero-order valence-corrected chi connectivity index (χ0v) is 13.0. The van der Waals surface area contributed by atoms with E-state index in [9.17, 15) is 14.0 Å². The van der Waals surface area contributed by atoms with Crippen LogP contribution in [0.5, 0.6) is 0 Å². The summed E-state index contributed by atoms with van der Waals surface area (Å²) in [6.45, 7) is 1.65. The number of amides is 2. The van der Waals surface area contributed by atoms with Crippen molar-refractivity contribution >= 4 is 17.5 Å². The van der Waals surface area contributed by atoms with Crippen LogP contribution < -0.4 is 10.2 Å². The SMILES string of the molecule is CN1C[C@@H](C(=O)NCCCN(C)c2ccccc2F)CC1=O. The number of carbonyl (C=O) groups is 2. The van der Waals surface area contributed by atoms with Crippen LogP contribution in [0.25, 0.3) is 0 Å². The Labute approximate surface area is 130 Å². The lowest BCUT2D eigenvalue weighted by Crippen LogP contribution is -2.34. The summed E-state index contributed by atoms with van der Waals surface area (Å²) in [7, 11) is 3.53. The van der Waals surface area contributed by atoms with Gasteiger partial charge in [0.2, 0.25) is 11.8 Å². The summed E-state index contributed by atoms with van der Waals surface area (Å²) in [5.41, 5.74) is 0.553. The fraction of sp³-hybridized carbons (Fsp3) is 0.500. The molecule has 2 amide bonds. The highest BCUT2D eigenvalue weighted by Gasteiger charge is 2.31. The number of halogens is 1. The summed E-state index contributed by atoms with van der Waals surface area (Å²) in [5.74, 6) is -0.561. The van der Waals surface area contributed by atoms with Crippen molar-refractivity contribution < 1.29 is 14.0 Å². The average Bonchev–Trinajstić information content (AvgIpc) is 2.83. The van der Waals surface area contributed by atoms with Crippen molar-refractivity contribution in [3.05, 3.63) is 30.1 Å². The van der Waals surface area contributed by atoms with Crippen LogP contribution in [-0.4, -0.2) is 50.4 Å². The Morgan fingerprint density at radius 3 is 2.82 bits per heavy atom. The normalized spacial score (nSPS) is 17.7. The van der Waals surface area contributed by atoms with Crippen LogP contribution in [0.15, 0.2) is 24.3 Å². The van der Waals surface area contributed by atoms with Crippen molar-refractivity contribution in [2.45, 2.75) is 12.8 Å². The van der Waals surface area contributed by atoms with E-state index in [0.29, 0.717) is 31.7 Å². The molecular weight excluding hydrogens is 285 g/mol. The lowest BCUT2D eigenvalue weighted by Gasteiger charge is -2.20. The Kier molecular flexibility index (Phi) is 5.35. The standard InChI is InChI=1S/C16H22FN3O2/c1-19(14-7-4-3-6-13(14)17)9-5-8-18-16(22)12-10-15(21)20(2)11-12/h3-4,6-7,12H,5,8-11H2,1-2H3,(H,18,22)/t12-/m0/s1. The number of anilines is 1. The Hall–Kier alpha value is -2.11. The molecule has 1 aromatic carbocycles. The molecule has 0 aromatic heterocycles. The van der Waals surface area contributed by atoms with Crippen LogP contribution in [0.4, 0.5) is 10.1 Å². The lowest BCUT2D eigenvalue weighted by molar-refractivity contribution is -0.128. The van der Waals surface area contributed by atoms with Gasteiger partial charge in [-0.3, -0.25) is 9.59 Å². The summed E-state index contributed by atoms with van der Waals surface area (Å²) < 4.78 is 13.6. The molecule has 0 saturated carbocycles. The molecule has 2 rings (SSSR count). The van der Waals surface area contributed by atoms with Gasteiger partial charge in [0.25, 0.3) is 0 Å². The number of hydrogen-bond donors (Lipinski definition) is 1. The van der Waals surface area contributed by atoms with Gasteiger partial charge in [0.15, 0.2) is 0 Å². The first-order valence-electron chi connectivity index (χ1n) is 7.46. The molecule has 1 aromatic rings. The predicted octanol–water partition coefficient (Wildman–Crippen LogP) is 1.25. The Morgan fingerprint density at radius 1 is 1.45 bits per heavy atom. The highest BCUT2D eigenvalue weighted by molar-refractivity contribution is 5.89. The largest absolute Gasteiger partial charge is 0.372 e. The number of carbonyl (C=O) groups excluding carboxylic acids is 2. The predicted molar refractivity (Wildman–Crippen MR) is 83.0 cm³/mol. The molecule has 1 fully saturated rings. The third kappa shape index (κ3) is 3.96. The van der Waals surface area contributed by atoms with Crippen LogP contribution in [0.3, 0.4) is 0 Å². The van der Waals surface area contributed by atoms with Crippen molar-refractivity contribution in [1.29, 1.82) is 0 Å². The van der Waals surface area contributed by atoms with Gasteiger partial charge >= 0.3 is 0 Å². The first kappa shape index (κ1) is 16.3. The Bertz CT molecular complexity index is 550. The van der Waals surface area contributed by atoms with Crippen LogP contribution >= 0.6 is 0 Å². The Balaban J connectivity index is 1.70. The molecule has 0 aliphatic carbocycles. The number of para-hydroxylation sites is 1. The maximum Gasteiger partial charge on any atom is 0.225 e. The second-order valence-corrected chi connectivity index (χ2v) is 5.69. The molecule has 0 spiro atoms. The molecule has 1 N–H and O–H groups in total. The molecular formula is C16H22FN3O2. The zero-order chi connectivity index (χ0) is 16.1. The number of rotatable bonds is 6. The van der Waals surface area contributed by atoms with E-state index in [1.807, 2.05) is 11.9 Å². The highest BCUT2D eigenvalue weighted by atomic mass is 19.1. The molecule has 120 valence electrons. The molecule has 6 heteroatoms. The van der Waals surface area contributed by atoms with E-state index in [1.54, 1.807) is 30.1 Å². The molecule has 1 aliphatic rings. The average molecular weight is 307 g/mol. The molecule has 1 heterocycles. The van der Waals surface area contributed by atoms with Crippen molar-refractivity contribution in [1.82, 2.24) is 10.2 Å². The van der Waals surface area contributed by atoms with Crippen molar-refractivity contribution in [2.24, 2.45) is 5.92 Å². The quantitative estimate of drug-likeness (QED) is 0.805. The summed E-state index contributed by atoms with van der Waals surface area (Å²) in [5, 5.41) is 2.85. The van der Waals surface area contributed by atoms with Gasteiger partial charge in [-0.05, 0) is 18.6 Å². The fourth-order valence-electron chi connectivity index (χ4n) is 2.59. The molecule has 5 nitrogen and oxygen atoms in total. The smallest absolute Gasteiger partial charge is 0.225 e. The van der Waals surface area contributed by atoms with Gasteiger partial charge in [0.05, 0.1) is 11.6 Å². The molecule has 1 atom stereocenters. The maximum atomic E-state index is 13.6. The minimum absolute atomic E-state index is 0.0134. The number of nitrogens with zero attached hydrogens (tertiary/aromatic N) is 2. The van der Waals surface area contributed by atoms with E-state index in [2.05, 4.69) is 5.32 Å². The summed E-state index contributed by atoms with van der Waals surface area (Å²) >= 11 is 0. The van der Waals surface area contributed by atoms with Crippen LogP contribution in [-0.2, 0) is 9.59 Å². The van der Waals surface area contributed by atoms with E-state index >= 15 is 0 Å². The van der Waals surface area contributed by atoms with Gasteiger partial charge in [-0.25, -0.2) is 4.39 Å². The Morgan fingerprint density at radius 2 is 2.18 bits per heavy atom. The van der Waals surface area contributed by atoms with Crippen molar-refractivity contribution in [3.63, 3.8) is 0 Å². The van der Waals surface area contributed by atoms with Gasteiger partial charge in [-0.2, -0.15) is 0 Å². The molecule has 1 saturated heterocycles. The van der Waals surface area contributed by atoms with Gasteiger partial charge < -0.3 is 15.1 Å². The third-order valence-electron chi connectivity index (χ3n) is 3.95. The van der Waals surface area contributed by atoms with E-state index in [-0.39, 0.29) is 30.0 Å². The van der Waals surface area contributed by atoms with Crippen LogP contribution in [0.2, 0.25) is 0 Å². The zero-order valence-electron chi connectivity index (χ0n) is 13.0. The molecule has 0 unspecified atom stereocenters. The minimum atomic E-state index is -0.249. The minimum Gasteiger partial charge on any atom is -0.372 e. The molecule has 0 bridgehead atoms. The number of nitrogens with one attached hydrogen (secondary N) is 1. The molecule has 22 heavy (non-hydrogen) atoms. The number of likely N-dealkylation sites (tertiary alicyclic amines) is 1. The molecule has 0 radical (unpaired) electrons. The first-order chi connectivity index (χ1) is 10.5. The van der Waals surface area contributed by atoms with Crippen LogP contribution in [0.1, 0.15) is 12.8 Å².